The van der Waals surface area contributed by atoms with Crippen LogP contribution in [-0.4, -0.2) is 42.7 Å². The number of nitrogens with zero attached hydrogens (tertiary/aromatic N) is 2. The summed E-state index contributed by atoms with van der Waals surface area (Å²) in [4.78, 5) is 15.7. The van der Waals surface area contributed by atoms with Crippen LogP contribution in [0.25, 0.3) is 0 Å². The summed E-state index contributed by atoms with van der Waals surface area (Å²) in [5.74, 6) is 2.13. The predicted octanol–water partition coefficient (Wildman–Crippen LogP) is 1.64. The van der Waals surface area contributed by atoms with Crippen molar-refractivity contribution in [1.29, 1.82) is 0 Å². The van der Waals surface area contributed by atoms with Crippen LogP contribution in [0.4, 0.5) is 11.4 Å². The molecule has 2 aliphatic heterocycles. The molecule has 2 aliphatic rings. The van der Waals surface area contributed by atoms with Crippen molar-refractivity contribution in [2.45, 2.75) is 12.5 Å². The van der Waals surface area contributed by atoms with Crippen LogP contribution in [0.1, 0.15) is 18.1 Å². The van der Waals surface area contributed by atoms with E-state index >= 15 is 0 Å². The van der Waals surface area contributed by atoms with Crippen LogP contribution < -0.4 is 9.80 Å². The third-order valence-electron chi connectivity index (χ3n) is 3.82. The molecule has 2 heterocycles. The molecule has 102 valence electrons. The van der Waals surface area contributed by atoms with Crippen LogP contribution in [-0.2, 0) is 4.79 Å². The minimum absolute atomic E-state index is 0.237. The molecule has 3 rings (SSSR count). The smallest absolute Gasteiger partial charge is 0.260 e. The van der Waals surface area contributed by atoms with Gasteiger partial charge in [-0.2, -0.15) is 11.8 Å². The molecule has 0 radical (unpaired) electrons. The molecule has 0 aliphatic carbocycles. The number of carbonyl (C=O) groups is 1. The van der Waals surface area contributed by atoms with Gasteiger partial charge in [0.1, 0.15) is 0 Å². The monoisotopic (exact) mass is 278 g/mol. The molecule has 1 amide bonds. The highest BCUT2D eigenvalue weighted by molar-refractivity contribution is 7.99. The van der Waals surface area contributed by atoms with E-state index in [0.717, 1.165) is 35.8 Å². The van der Waals surface area contributed by atoms with Gasteiger partial charge in [-0.25, -0.2) is 0 Å². The number of anilines is 2. The van der Waals surface area contributed by atoms with Crippen LogP contribution in [0.3, 0.4) is 0 Å². The Kier molecular flexibility index (Phi) is 3.41. The van der Waals surface area contributed by atoms with Crippen LogP contribution in [0.15, 0.2) is 18.2 Å². The quantitative estimate of drug-likeness (QED) is 0.848. The lowest BCUT2D eigenvalue weighted by Crippen LogP contribution is -2.26. The largest absolute Gasteiger partial charge is 0.378 e. The summed E-state index contributed by atoms with van der Waals surface area (Å²) in [6.45, 7) is 2.11. The van der Waals surface area contributed by atoms with Crippen molar-refractivity contribution in [2.24, 2.45) is 0 Å². The number of thioether (sulfide) groups is 1. The first kappa shape index (κ1) is 12.8. The maximum absolute atomic E-state index is 11.8. The second-order valence-corrected chi connectivity index (χ2v) is 6.22. The average Bonchev–Trinajstić information content (AvgIpc) is 2.68. The molecule has 1 atom stereocenters. The highest BCUT2D eigenvalue weighted by atomic mass is 32.2. The topological polar surface area (TPSA) is 43.8 Å². The molecule has 1 unspecified atom stereocenters. The van der Waals surface area contributed by atoms with E-state index < -0.39 is 6.10 Å². The number of likely N-dealkylation sites (N-methyl/N-ethyl adjacent to an activating group) is 1. The van der Waals surface area contributed by atoms with Gasteiger partial charge in [-0.3, -0.25) is 4.79 Å². The minimum atomic E-state index is -0.992. The fraction of sp³-hybridized carbons (Fsp3) is 0.500. The van der Waals surface area contributed by atoms with Gasteiger partial charge >= 0.3 is 0 Å². The van der Waals surface area contributed by atoms with Crippen molar-refractivity contribution >= 4 is 29.0 Å². The lowest BCUT2D eigenvalue weighted by molar-refractivity contribution is -0.125. The Balaban J connectivity index is 1.91. The molecule has 1 saturated heterocycles. The number of aliphatic hydroxyl groups is 1. The van der Waals surface area contributed by atoms with Crippen LogP contribution >= 0.6 is 11.8 Å². The molecular formula is C14H18N2O2S. The Hall–Kier alpha value is -1.20. The first-order valence-electron chi connectivity index (χ1n) is 6.61. The third kappa shape index (κ3) is 2.21. The van der Waals surface area contributed by atoms with E-state index in [0.29, 0.717) is 0 Å². The summed E-state index contributed by atoms with van der Waals surface area (Å²) in [5, 5.41) is 9.86. The molecule has 0 aromatic heterocycles. The summed E-state index contributed by atoms with van der Waals surface area (Å²) < 4.78 is 0. The lowest BCUT2D eigenvalue weighted by atomic mass is 10.1. The average molecular weight is 278 g/mol. The molecule has 5 heteroatoms. The van der Waals surface area contributed by atoms with Crippen molar-refractivity contribution in [3.05, 3.63) is 23.8 Å². The number of hydrogen-bond acceptors (Lipinski definition) is 4. The maximum atomic E-state index is 11.8. The van der Waals surface area contributed by atoms with Crippen molar-refractivity contribution in [3.8, 4) is 0 Å². The van der Waals surface area contributed by atoms with E-state index in [1.807, 2.05) is 30.0 Å². The Morgan fingerprint density at radius 2 is 2.16 bits per heavy atom. The molecule has 1 N–H and O–H groups in total. The molecule has 0 saturated carbocycles. The van der Waals surface area contributed by atoms with Crippen molar-refractivity contribution in [3.63, 3.8) is 0 Å². The van der Waals surface area contributed by atoms with Crippen molar-refractivity contribution in [2.75, 3.05) is 41.4 Å². The molecule has 1 aromatic rings. The van der Waals surface area contributed by atoms with Gasteiger partial charge in [-0.05, 0) is 24.3 Å². The fourth-order valence-corrected chi connectivity index (χ4v) is 3.58. The number of benzene rings is 1. The zero-order chi connectivity index (χ0) is 13.4. The first-order valence-corrected chi connectivity index (χ1v) is 7.76. The van der Waals surface area contributed by atoms with E-state index in [9.17, 15) is 9.90 Å². The van der Waals surface area contributed by atoms with Crippen molar-refractivity contribution in [1.82, 2.24) is 0 Å². The van der Waals surface area contributed by atoms with Gasteiger partial charge in [-0.15, -0.1) is 0 Å². The summed E-state index contributed by atoms with van der Waals surface area (Å²) in [6.07, 6.45) is 0.202. The second-order valence-electron chi connectivity index (χ2n) is 5.00. The highest BCUT2D eigenvalue weighted by Gasteiger charge is 2.33. The minimum Gasteiger partial charge on any atom is -0.378 e. The summed E-state index contributed by atoms with van der Waals surface area (Å²) >= 11 is 1.99. The van der Waals surface area contributed by atoms with Gasteiger partial charge in [-0.1, -0.05) is 6.07 Å². The van der Waals surface area contributed by atoms with Crippen LogP contribution in [0.5, 0.6) is 0 Å². The standard InChI is InChI=1S/C14H18N2O2S/c1-15-12-9-10(16-5-2-7-19-8-6-16)3-4-11(12)13(17)14(15)18/h3-4,9,13,17H,2,5-8H2,1H3. The second kappa shape index (κ2) is 5.06. The molecule has 4 nitrogen and oxygen atoms in total. The van der Waals surface area contributed by atoms with Crippen LogP contribution in [0, 0.1) is 0 Å². The van der Waals surface area contributed by atoms with E-state index in [4.69, 9.17) is 0 Å². The molecule has 0 spiro atoms. The van der Waals surface area contributed by atoms with Gasteiger partial charge in [0.05, 0.1) is 5.69 Å². The zero-order valence-electron chi connectivity index (χ0n) is 11.0. The van der Waals surface area contributed by atoms with Gasteiger partial charge in [0.15, 0.2) is 6.10 Å². The third-order valence-corrected chi connectivity index (χ3v) is 4.87. The molecule has 0 bridgehead atoms. The normalized spacial score (nSPS) is 23.5. The number of fused-ring (bicyclic) bond motifs is 1. The predicted molar refractivity (Wildman–Crippen MR) is 79.0 cm³/mol. The lowest BCUT2D eigenvalue weighted by Gasteiger charge is -2.23. The summed E-state index contributed by atoms with van der Waals surface area (Å²) in [7, 11) is 1.72. The molecule has 1 aromatic carbocycles. The Labute approximate surface area is 117 Å². The Morgan fingerprint density at radius 3 is 3.00 bits per heavy atom. The Morgan fingerprint density at radius 1 is 1.32 bits per heavy atom. The van der Waals surface area contributed by atoms with E-state index in [1.165, 1.54) is 12.2 Å². The molecular weight excluding hydrogens is 260 g/mol. The maximum Gasteiger partial charge on any atom is 0.260 e. The van der Waals surface area contributed by atoms with Gasteiger partial charge in [0, 0.05) is 37.1 Å². The zero-order valence-corrected chi connectivity index (χ0v) is 11.8. The van der Waals surface area contributed by atoms with Gasteiger partial charge < -0.3 is 14.9 Å². The molecule has 19 heavy (non-hydrogen) atoms. The fourth-order valence-electron chi connectivity index (χ4n) is 2.69. The molecule has 1 fully saturated rings. The SMILES string of the molecule is CN1C(=O)C(O)c2ccc(N3CCCSCC3)cc21. The van der Waals surface area contributed by atoms with Gasteiger partial charge in [0.25, 0.3) is 5.91 Å². The van der Waals surface area contributed by atoms with Crippen molar-refractivity contribution < 1.29 is 9.90 Å². The van der Waals surface area contributed by atoms with Gasteiger partial charge in [0.2, 0.25) is 0 Å². The number of carbonyl (C=O) groups excluding carboxylic acids is 1. The summed E-state index contributed by atoms with van der Waals surface area (Å²) in [5.41, 5.74) is 2.71. The number of aliphatic hydroxyl groups excluding tert-OH is 1. The summed E-state index contributed by atoms with van der Waals surface area (Å²) in [6, 6.07) is 5.93. The number of rotatable bonds is 1. The number of amides is 1. The number of hydrogen-bond donors (Lipinski definition) is 1. The Bertz CT molecular complexity index is 498. The van der Waals surface area contributed by atoms with E-state index in [2.05, 4.69) is 4.90 Å². The van der Waals surface area contributed by atoms with E-state index in [1.54, 1.807) is 11.9 Å². The highest BCUT2D eigenvalue weighted by Crippen LogP contribution is 2.37. The first-order chi connectivity index (χ1) is 9.18. The van der Waals surface area contributed by atoms with E-state index in [-0.39, 0.29) is 5.91 Å². The van der Waals surface area contributed by atoms with Crippen LogP contribution in [0.2, 0.25) is 0 Å².